The van der Waals surface area contributed by atoms with Crippen molar-refractivity contribution in [1.29, 1.82) is 0 Å². The molecule has 0 aliphatic heterocycles. The maximum Gasteiger partial charge on any atom is 0.276 e. The zero-order valence-electron chi connectivity index (χ0n) is 12.3. The second-order valence-electron chi connectivity index (χ2n) is 4.83. The molecule has 3 rings (SSSR count). The minimum absolute atomic E-state index is 0.267. The summed E-state index contributed by atoms with van der Waals surface area (Å²) in [6.07, 6.45) is 3.47. The highest BCUT2D eigenvalue weighted by molar-refractivity contribution is 6.02. The van der Waals surface area contributed by atoms with Gasteiger partial charge in [0.05, 0.1) is 0 Å². The van der Waals surface area contributed by atoms with E-state index >= 15 is 0 Å². The average Bonchev–Trinajstić information content (AvgIpc) is 2.62. The van der Waals surface area contributed by atoms with E-state index in [2.05, 4.69) is 25.8 Å². The zero-order valence-corrected chi connectivity index (χ0v) is 12.3. The van der Waals surface area contributed by atoms with Crippen molar-refractivity contribution >= 4 is 17.4 Å². The van der Waals surface area contributed by atoms with E-state index in [4.69, 9.17) is 0 Å². The number of nitrogens with one attached hydrogen (secondary N) is 2. The summed E-state index contributed by atoms with van der Waals surface area (Å²) >= 11 is 0. The fourth-order valence-corrected chi connectivity index (χ4v) is 1.96. The van der Waals surface area contributed by atoms with Gasteiger partial charge in [-0.1, -0.05) is 18.2 Å². The lowest BCUT2D eigenvalue weighted by Crippen LogP contribution is -2.14. The van der Waals surface area contributed by atoms with Gasteiger partial charge in [0, 0.05) is 24.6 Å². The lowest BCUT2D eigenvalue weighted by molar-refractivity contribution is 0.102. The summed E-state index contributed by atoms with van der Waals surface area (Å²) in [6.45, 7) is 0.618. The molecule has 2 aromatic heterocycles. The van der Waals surface area contributed by atoms with Crippen LogP contribution >= 0.6 is 0 Å². The molecule has 0 fully saturated rings. The highest BCUT2D eigenvalue weighted by Crippen LogP contribution is 2.09. The number of carbonyl (C=O) groups excluding carboxylic acids is 1. The summed E-state index contributed by atoms with van der Waals surface area (Å²) < 4.78 is 0. The van der Waals surface area contributed by atoms with Crippen molar-refractivity contribution in [3.8, 4) is 0 Å². The highest BCUT2D eigenvalue weighted by Gasteiger charge is 2.08. The number of hydrogen-bond donors (Lipinski definition) is 2. The number of rotatable bonds is 5. The van der Waals surface area contributed by atoms with Gasteiger partial charge in [0.15, 0.2) is 5.69 Å². The molecule has 3 aromatic rings. The summed E-state index contributed by atoms with van der Waals surface area (Å²) in [7, 11) is 0. The molecule has 0 radical (unpaired) electrons. The lowest BCUT2D eigenvalue weighted by Gasteiger charge is -2.06. The van der Waals surface area contributed by atoms with Crippen molar-refractivity contribution in [2.75, 3.05) is 10.6 Å². The van der Waals surface area contributed by atoms with Gasteiger partial charge in [-0.2, -0.15) is 0 Å². The number of amides is 1. The molecule has 23 heavy (non-hydrogen) atoms. The maximum atomic E-state index is 12.1. The summed E-state index contributed by atoms with van der Waals surface area (Å²) in [5.74, 6) is 0.322. The molecule has 6 nitrogen and oxygen atoms in total. The molecular formula is C17H15N5O. The van der Waals surface area contributed by atoms with Crippen molar-refractivity contribution in [2.45, 2.75) is 6.54 Å². The normalized spacial score (nSPS) is 10.1. The van der Waals surface area contributed by atoms with Gasteiger partial charge < -0.3 is 10.6 Å². The number of hydrogen-bond acceptors (Lipinski definition) is 5. The van der Waals surface area contributed by atoms with Crippen molar-refractivity contribution < 1.29 is 4.79 Å². The van der Waals surface area contributed by atoms with Crippen LogP contribution in [0.15, 0.2) is 67.0 Å². The summed E-state index contributed by atoms with van der Waals surface area (Å²) in [5.41, 5.74) is 2.08. The van der Waals surface area contributed by atoms with Crippen LogP contribution in [0.2, 0.25) is 0 Å². The van der Waals surface area contributed by atoms with Gasteiger partial charge in [0.25, 0.3) is 5.91 Å². The van der Waals surface area contributed by atoms with Gasteiger partial charge in [-0.25, -0.2) is 0 Å². The van der Waals surface area contributed by atoms with Crippen LogP contribution in [0.3, 0.4) is 0 Å². The molecule has 6 heteroatoms. The van der Waals surface area contributed by atoms with E-state index in [1.807, 2.05) is 42.5 Å². The molecule has 1 aromatic carbocycles. The minimum atomic E-state index is -0.288. The molecular weight excluding hydrogens is 290 g/mol. The van der Waals surface area contributed by atoms with E-state index in [9.17, 15) is 4.79 Å². The molecule has 114 valence electrons. The van der Waals surface area contributed by atoms with Crippen LogP contribution in [0.25, 0.3) is 0 Å². The molecule has 0 saturated heterocycles. The Morgan fingerprint density at radius 3 is 2.39 bits per heavy atom. The quantitative estimate of drug-likeness (QED) is 0.757. The van der Waals surface area contributed by atoms with Gasteiger partial charge in [-0.05, 0) is 42.0 Å². The van der Waals surface area contributed by atoms with Gasteiger partial charge in [0.2, 0.25) is 0 Å². The molecule has 0 saturated carbocycles. The Balaban J connectivity index is 1.59. The van der Waals surface area contributed by atoms with Crippen LogP contribution in [0.5, 0.6) is 0 Å². The molecule has 2 N–H and O–H groups in total. The summed E-state index contributed by atoms with van der Waals surface area (Å²) in [5, 5.41) is 13.9. The number of nitrogens with zero attached hydrogens (tertiary/aromatic N) is 3. The molecule has 0 atom stereocenters. The van der Waals surface area contributed by atoms with Gasteiger partial charge >= 0.3 is 0 Å². The summed E-state index contributed by atoms with van der Waals surface area (Å²) in [4.78, 5) is 16.0. The molecule has 2 heterocycles. The van der Waals surface area contributed by atoms with E-state index in [-0.39, 0.29) is 11.6 Å². The van der Waals surface area contributed by atoms with Crippen LogP contribution in [-0.2, 0) is 6.54 Å². The minimum Gasteiger partial charge on any atom is -0.365 e. The number of benzene rings is 1. The Morgan fingerprint density at radius 2 is 1.70 bits per heavy atom. The van der Waals surface area contributed by atoms with Crippen LogP contribution in [0.1, 0.15) is 16.1 Å². The third-order valence-electron chi connectivity index (χ3n) is 3.15. The van der Waals surface area contributed by atoms with E-state index in [0.717, 1.165) is 11.3 Å². The highest BCUT2D eigenvalue weighted by atomic mass is 16.1. The van der Waals surface area contributed by atoms with Crippen molar-refractivity contribution in [3.05, 3.63) is 78.2 Å². The molecule has 0 aliphatic carbocycles. The SMILES string of the molecule is O=C(Nc1ccccc1)c1ccc(NCc2ccncc2)nn1. The second kappa shape index (κ2) is 7.13. The molecule has 0 bridgehead atoms. The monoisotopic (exact) mass is 305 g/mol. The maximum absolute atomic E-state index is 12.1. The first-order chi connectivity index (χ1) is 11.3. The molecule has 0 spiro atoms. The predicted octanol–water partition coefficient (Wildman–Crippen LogP) is 2.74. The number of pyridine rings is 1. The fraction of sp³-hybridized carbons (Fsp3) is 0.0588. The fourth-order valence-electron chi connectivity index (χ4n) is 1.96. The Morgan fingerprint density at radius 1 is 0.913 bits per heavy atom. The van der Waals surface area contributed by atoms with E-state index in [0.29, 0.717) is 12.4 Å². The molecule has 1 amide bonds. The number of anilines is 2. The van der Waals surface area contributed by atoms with Gasteiger partial charge in [-0.3, -0.25) is 9.78 Å². The standard InChI is InChI=1S/C17H15N5O/c23-17(20-14-4-2-1-3-5-14)15-6-7-16(22-21-15)19-12-13-8-10-18-11-9-13/h1-11H,12H2,(H,19,22)(H,20,23). The van der Waals surface area contributed by atoms with Crippen LogP contribution in [0.4, 0.5) is 11.5 Å². The van der Waals surface area contributed by atoms with E-state index in [1.54, 1.807) is 24.5 Å². The predicted molar refractivity (Wildman–Crippen MR) is 88.0 cm³/mol. The average molecular weight is 305 g/mol. The van der Waals surface area contributed by atoms with E-state index < -0.39 is 0 Å². The first-order valence-electron chi connectivity index (χ1n) is 7.14. The first kappa shape index (κ1) is 14.6. The second-order valence-corrected chi connectivity index (χ2v) is 4.83. The number of para-hydroxylation sites is 1. The third-order valence-corrected chi connectivity index (χ3v) is 3.15. The Bertz CT molecular complexity index is 760. The van der Waals surface area contributed by atoms with Crippen LogP contribution in [0, 0.1) is 0 Å². The van der Waals surface area contributed by atoms with Crippen molar-refractivity contribution in [2.24, 2.45) is 0 Å². The first-order valence-corrected chi connectivity index (χ1v) is 7.14. The van der Waals surface area contributed by atoms with Crippen molar-refractivity contribution in [1.82, 2.24) is 15.2 Å². The largest absolute Gasteiger partial charge is 0.365 e. The summed E-state index contributed by atoms with van der Waals surface area (Å²) in [6, 6.07) is 16.4. The van der Waals surface area contributed by atoms with Crippen LogP contribution < -0.4 is 10.6 Å². The van der Waals surface area contributed by atoms with Crippen LogP contribution in [-0.4, -0.2) is 21.1 Å². The van der Waals surface area contributed by atoms with E-state index in [1.165, 1.54) is 0 Å². The molecule has 0 aliphatic rings. The van der Waals surface area contributed by atoms with Gasteiger partial charge in [-0.15, -0.1) is 10.2 Å². The smallest absolute Gasteiger partial charge is 0.276 e. The number of aromatic nitrogens is 3. The Labute approximate surface area is 133 Å². The Kier molecular flexibility index (Phi) is 4.54. The third kappa shape index (κ3) is 4.10. The van der Waals surface area contributed by atoms with Gasteiger partial charge in [0.1, 0.15) is 5.82 Å². The molecule has 0 unspecified atom stereocenters. The zero-order chi connectivity index (χ0) is 15.9. The van der Waals surface area contributed by atoms with Crippen molar-refractivity contribution in [3.63, 3.8) is 0 Å². The number of carbonyl (C=O) groups is 1. The Hall–Kier alpha value is -3.28. The topological polar surface area (TPSA) is 79.8 Å². The lowest BCUT2D eigenvalue weighted by atomic mass is 10.2.